The normalized spacial score (nSPS) is 10.4. The molecule has 2 rings (SSSR count). The first kappa shape index (κ1) is 20.4. The van der Waals surface area contributed by atoms with Gasteiger partial charge in [0.1, 0.15) is 23.2 Å². The minimum Gasteiger partial charge on any atom is -0.462 e. The second-order valence-electron chi connectivity index (χ2n) is 6.10. The molecule has 0 bridgehead atoms. The summed E-state index contributed by atoms with van der Waals surface area (Å²) >= 11 is 1.28. The molecule has 0 aliphatic carbocycles. The molecule has 0 aliphatic heterocycles. The van der Waals surface area contributed by atoms with Gasteiger partial charge in [0.15, 0.2) is 0 Å². The third kappa shape index (κ3) is 4.09. The third-order valence-corrected chi connectivity index (χ3v) is 5.36. The number of ether oxygens (including phenoxy) is 1. The topological polar surface area (TPSA) is 101 Å². The van der Waals surface area contributed by atoms with E-state index in [0.717, 1.165) is 10.4 Å². The average Bonchev–Trinajstić information content (AvgIpc) is 2.86. The van der Waals surface area contributed by atoms with Crippen LogP contribution < -0.4 is 10.9 Å². The predicted octanol–water partition coefficient (Wildman–Crippen LogP) is 2.83. The van der Waals surface area contributed by atoms with E-state index in [1.807, 2.05) is 13.0 Å². The van der Waals surface area contributed by atoms with Crippen LogP contribution in [0.1, 0.15) is 44.5 Å². The fraction of sp³-hybridized carbons (Fsp3) is 0.368. The van der Waals surface area contributed by atoms with Gasteiger partial charge in [-0.15, -0.1) is 11.3 Å². The molecule has 0 atom stereocenters. The Balaban J connectivity index is 2.33. The second kappa shape index (κ2) is 8.18. The molecule has 2 aromatic rings. The summed E-state index contributed by atoms with van der Waals surface area (Å²) in [5.74, 6) is -0.954. The molecule has 1 N–H and O–H groups in total. The molecule has 0 fully saturated rings. The molecule has 8 heteroatoms. The lowest BCUT2D eigenvalue weighted by Crippen LogP contribution is -2.31. The van der Waals surface area contributed by atoms with Crippen molar-refractivity contribution in [2.45, 2.75) is 41.2 Å². The number of hydrogen-bond donors (Lipinski definition) is 1. The van der Waals surface area contributed by atoms with Crippen LogP contribution in [-0.4, -0.2) is 23.1 Å². The summed E-state index contributed by atoms with van der Waals surface area (Å²) in [6.45, 7) is 8.72. The maximum absolute atomic E-state index is 12.5. The monoisotopic (exact) mass is 387 g/mol. The van der Waals surface area contributed by atoms with Gasteiger partial charge < -0.3 is 14.6 Å². The Labute approximate surface area is 161 Å². The van der Waals surface area contributed by atoms with E-state index in [4.69, 9.17) is 10.00 Å². The van der Waals surface area contributed by atoms with Crippen LogP contribution >= 0.6 is 11.3 Å². The highest BCUT2D eigenvalue weighted by Gasteiger charge is 2.22. The van der Waals surface area contributed by atoms with E-state index >= 15 is 0 Å². The highest BCUT2D eigenvalue weighted by molar-refractivity contribution is 7.16. The van der Waals surface area contributed by atoms with Gasteiger partial charge in [0, 0.05) is 10.6 Å². The number of nitriles is 1. The van der Waals surface area contributed by atoms with Crippen LogP contribution in [0.4, 0.5) is 5.00 Å². The Bertz CT molecular complexity index is 1010. The van der Waals surface area contributed by atoms with Crippen molar-refractivity contribution in [1.82, 2.24) is 4.57 Å². The van der Waals surface area contributed by atoms with Gasteiger partial charge in [-0.05, 0) is 51.8 Å². The Morgan fingerprint density at radius 1 is 1.30 bits per heavy atom. The van der Waals surface area contributed by atoms with Crippen molar-refractivity contribution in [3.63, 3.8) is 0 Å². The SMILES string of the molecule is CCOC(=O)c1c(NC(=O)Cn2c(C)cc(C)c(C#N)c2=O)sc(C)c1C. The molecule has 0 saturated carbocycles. The van der Waals surface area contributed by atoms with Gasteiger partial charge in [0.2, 0.25) is 5.91 Å². The van der Waals surface area contributed by atoms with Crippen LogP contribution in [0.3, 0.4) is 0 Å². The molecule has 1 amide bonds. The minimum absolute atomic E-state index is 0.0171. The van der Waals surface area contributed by atoms with E-state index in [-0.39, 0.29) is 18.7 Å². The standard InChI is InChI=1S/C19H21N3O4S/c1-6-26-19(25)16-12(4)13(5)27-17(16)21-15(23)9-22-11(3)7-10(2)14(8-20)18(22)24/h7H,6,9H2,1-5H3,(H,21,23). The fourth-order valence-corrected chi connectivity index (χ4v) is 3.80. The number of aromatic nitrogens is 1. The van der Waals surface area contributed by atoms with Crippen LogP contribution in [0.15, 0.2) is 10.9 Å². The number of carbonyl (C=O) groups is 2. The summed E-state index contributed by atoms with van der Waals surface area (Å²) < 4.78 is 6.32. The average molecular weight is 387 g/mol. The number of aryl methyl sites for hydroxylation is 3. The van der Waals surface area contributed by atoms with Gasteiger partial charge in [-0.3, -0.25) is 9.59 Å². The van der Waals surface area contributed by atoms with Crippen molar-refractivity contribution >= 4 is 28.2 Å². The lowest BCUT2D eigenvalue weighted by atomic mass is 10.1. The van der Waals surface area contributed by atoms with E-state index in [2.05, 4.69) is 5.32 Å². The summed E-state index contributed by atoms with van der Waals surface area (Å²) in [5, 5.41) is 12.2. The molecular weight excluding hydrogens is 366 g/mol. The molecular formula is C19H21N3O4S. The first-order valence-electron chi connectivity index (χ1n) is 8.39. The summed E-state index contributed by atoms with van der Waals surface area (Å²) in [6, 6.07) is 3.57. The van der Waals surface area contributed by atoms with Crippen LogP contribution in [0.25, 0.3) is 0 Å². The Hall–Kier alpha value is -2.92. The zero-order valence-electron chi connectivity index (χ0n) is 15.9. The molecule has 0 aromatic carbocycles. The Morgan fingerprint density at radius 2 is 1.96 bits per heavy atom. The van der Waals surface area contributed by atoms with Gasteiger partial charge >= 0.3 is 5.97 Å². The highest BCUT2D eigenvalue weighted by atomic mass is 32.1. The van der Waals surface area contributed by atoms with Gasteiger partial charge in [-0.1, -0.05) is 0 Å². The van der Waals surface area contributed by atoms with E-state index in [1.54, 1.807) is 33.8 Å². The Kier molecular flexibility index (Phi) is 6.18. The number of nitrogens with one attached hydrogen (secondary N) is 1. The number of nitrogens with zero attached hydrogens (tertiary/aromatic N) is 2. The van der Waals surface area contributed by atoms with Crippen LogP contribution in [0.2, 0.25) is 0 Å². The maximum Gasteiger partial charge on any atom is 0.341 e. The van der Waals surface area contributed by atoms with Crippen molar-refractivity contribution in [2.75, 3.05) is 11.9 Å². The highest BCUT2D eigenvalue weighted by Crippen LogP contribution is 2.33. The largest absolute Gasteiger partial charge is 0.462 e. The summed E-state index contributed by atoms with van der Waals surface area (Å²) in [6.07, 6.45) is 0. The van der Waals surface area contributed by atoms with E-state index < -0.39 is 17.4 Å². The quantitative estimate of drug-likeness (QED) is 0.795. The lowest BCUT2D eigenvalue weighted by molar-refractivity contribution is -0.116. The lowest BCUT2D eigenvalue weighted by Gasteiger charge is -2.12. The zero-order valence-corrected chi connectivity index (χ0v) is 16.7. The molecule has 0 radical (unpaired) electrons. The van der Waals surface area contributed by atoms with Gasteiger partial charge in [0.05, 0.1) is 12.2 Å². The first-order valence-corrected chi connectivity index (χ1v) is 9.20. The van der Waals surface area contributed by atoms with E-state index in [0.29, 0.717) is 21.8 Å². The molecule has 142 valence electrons. The van der Waals surface area contributed by atoms with Crippen molar-refractivity contribution in [3.05, 3.63) is 49.2 Å². The summed E-state index contributed by atoms with van der Waals surface area (Å²) in [7, 11) is 0. The number of amides is 1. The van der Waals surface area contributed by atoms with Gasteiger partial charge in [0.25, 0.3) is 5.56 Å². The second-order valence-corrected chi connectivity index (χ2v) is 7.33. The Morgan fingerprint density at radius 3 is 2.56 bits per heavy atom. The number of esters is 1. The smallest absolute Gasteiger partial charge is 0.341 e. The summed E-state index contributed by atoms with van der Waals surface area (Å²) in [5.41, 5.74) is 1.75. The number of anilines is 1. The van der Waals surface area contributed by atoms with Crippen molar-refractivity contribution in [3.8, 4) is 6.07 Å². The van der Waals surface area contributed by atoms with Crippen LogP contribution in [-0.2, 0) is 16.1 Å². The summed E-state index contributed by atoms with van der Waals surface area (Å²) in [4.78, 5) is 38.1. The number of hydrogen-bond acceptors (Lipinski definition) is 6. The molecule has 2 aromatic heterocycles. The van der Waals surface area contributed by atoms with Crippen molar-refractivity contribution in [1.29, 1.82) is 5.26 Å². The zero-order chi connectivity index (χ0) is 20.3. The number of thiophene rings is 1. The molecule has 2 heterocycles. The fourth-order valence-electron chi connectivity index (χ4n) is 2.73. The number of rotatable bonds is 5. The number of carbonyl (C=O) groups excluding carboxylic acids is 2. The number of pyridine rings is 1. The van der Waals surface area contributed by atoms with Crippen LogP contribution in [0, 0.1) is 39.0 Å². The van der Waals surface area contributed by atoms with Crippen molar-refractivity contribution < 1.29 is 14.3 Å². The first-order chi connectivity index (χ1) is 12.7. The van der Waals surface area contributed by atoms with E-state index in [1.165, 1.54) is 15.9 Å². The van der Waals surface area contributed by atoms with Crippen LogP contribution in [0.5, 0.6) is 0 Å². The molecule has 27 heavy (non-hydrogen) atoms. The third-order valence-electron chi connectivity index (χ3n) is 4.24. The predicted molar refractivity (Wildman–Crippen MR) is 103 cm³/mol. The molecule has 0 aliphatic rings. The molecule has 0 unspecified atom stereocenters. The van der Waals surface area contributed by atoms with E-state index in [9.17, 15) is 14.4 Å². The van der Waals surface area contributed by atoms with Gasteiger partial charge in [-0.25, -0.2) is 4.79 Å². The molecule has 7 nitrogen and oxygen atoms in total. The molecule has 0 saturated heterocycles. The van der Waals surface area contributed by atoms with Gasteiger partial charge in [-0.2, -0.15) is 5.26 Å². The molecule has 0 spiro atoms. The van der Waals surface area contributed by atoms with Crippen molar-refractivity contribution in [2.24, 2.45) is 0 Å². The maximum atomic E-state index is 12.5. The minimum atomic E-state index is -0.505.